The zero-order valence-electron chi connectivity index (χ0n) is 16.6. The molecule has 1 aliphatic heterocycles. The monoisotopic (exact) mass is 567 g/mol. The van der Waals surface area contributed by atoms with Crippen LogP contribution in [0.15, 0.2) is 41.4 Å². The number of nitrogens with one attached hydrogen (secondary N) is 3. The molecule has 1 atom stereocenters. The molecule has 1 saturated heterocycles. The molecule has 0 saturated carbocycles. The van der Waals surface area contributed by atoms with Crippen LogP contribution in [-0.4, -0.2) is 44.6 Å². The van der Waals surface area contributed by atoms with Gasteiger partial charge in [-0.05, 0) is 36.8 Å². The Hall–Kier alpha value is -2.21. The van der Waals surface area contributed by atoms with Gasteiger partial charge >= 0.3 is 0 Å². The molecule has 0 radical (unpaired) electrons. The SMILES string of the molecule is CN=C(NCC(=O)Nc1ccc(F)c(F)c1F)NC1CCN(c2cccc(Cl)c2)C1.I. The highest BCUT2D eigenvalue weighted by Crippen LogP contribution is 2.23. The third kappa shape index (κ3) is 6.63. The zero-order valence-corrected chi connectivity index (χ0v) is 19.7. The van der Waals surface area contributed by atoms with Gasteiger partial charge in [0.25, 0.3) is 0 Å². The second-order valence-electron chi connectivity index (χ2n) is 6.75. The van der Waals surface area contributed by atoms with Crippen LogP contribution >= 0.6 is 35.6 Å². The molecule has 1 amide bonds. The fraction of sp³-hybridized carbons (Fsp3) is 0.300. The Morgan fingerprint density at radius 2 is 2.00 bits per heavy atom. The highest BCUT2D eigenvalue weighted by atomic mass is 127. The standard InChI is InChI=1S/C20H21ClF3N5O.HI/c1-25-20(26-10-17(30)28-16-6-5-15(22)18(23)19(16)24)27-13-7-8-29(11-13)14-4-2-3-12(21)9-14;/h2-6,9,13H,7-8,10-11H2,1H3,(H,28,30)(H2,25,26,27);1H. The number of amides is 1. The number of hydrogen-bond donors (Lipinski definition) is 3. The van der Waals surface area contributed by atoms with E-state index in [1.165, 1.54) is 0 Å². The molecular weight excluding hydrogens is 546 g/mol. The van der Waals surface area contributed by atoms with E-state index < -0.39 is 29.0 Å². The molecule has 168 valence electrons. The molecule has 0 spiro atoms. The van der Waals surface area contributed by atoms with Gasteiger partial charge in [-0.3, -0.25) is 9.79 Å². The molecule has 1 unspecified atom stereocenters. The lowest BCUT2D eigenvalue weighted by Crippen LogP contribution is -2.46. The topological polar surface area (TPSA) is 68.8 Å². The number of halogens is 5. The van der Waals surface area contributed by atoms with Crippen LogP contribution in [0.3, 0.4) is 0 Å². The predicted octanol–water partition coefficient (Wildman–Crippen LogP) is 3.76. The van der Waals surface area contributed by atoms with E-state index in [-0.39, 0.29) is 36.6 Å². The van der Waals surface area contributed by atoms with E-state index in [2.05, 4.69) is 25.8 Å². The van der Waals surface area contributed by atoms with E-state index in [1.54, 1.807) is 7.05 Å². The van der Waals surface area contributed by atoms with Crippen molar-refractivity contribution in [3.8, 4) is 0 Å². The fourth-order valence-corrected chi connectivity index (χ4v) is 3.34. The Balaban J connectivity index is 0.00000341. The number of guanidine groups is 1. The maximum absolute atomic E-state index is 13.7. The molecule has 3 N–H and O–H groups in total. The Labute approximate surface area is 200 Å². The lowest BCUT2D eigenvalue weighted by atomic mass is 10.2. The summed E-state index contributed by atoms with van der Waals surface area (Å²) in [6, 6.07) is 9.41. The van der Waals surface area contributed by atoms with Crippen molar-refractivity contribution in [2.75, 3.05) is 36.9 Å². The van der Waals surface area contributed by atoms with Gasteiger partial charge < -0.3 is 20.9 Å². The van der Waals surface area contributed by atoms with E-state index in [1.807, 2.05) is 24.3 Å². The number of aliphatic imine (C=N–C) groups is 1. The average Bonchev–Trinajstić information content (AvgIpc) is 3.20. The van der Waals surface area contributed by atoms with Crippen molar-refractivity contribution >= 4 is 58.8 Å². The first-order chi connectivity index (χ1) is 14.4. The second-order valence-corrected chi connectivity index (χ2v) is 7.19. The largest absolute Gasteiger partial charge is 0.369 e. The van der Waals surface area contributed by atoms with Crippen molar-refractivity contribution in [1.82, 2.24) is 10.6 Å². The maximum Gasteiger partial charge on any atom is 0.243 e. The van der Waals surface area contributed by atoms with E-state index in [0.717, 1.165) is 37.3 Å². The molecule has 2 aromatic carbocycles. The van der Waals surface area contributed by atoms with E-state index in [0.29, 0.717) is 11.0 Å². The zero-order chi connectivity index (χ0) is 21.7. The minimum absolute atomic E-state index is 0. The summed E-state index contributed by atoms with van der Waals surface area (Å²) in [5.74, 6) is -4.64. The van der Waals surface area contributed by atoms with Crippen molar-refractivity contribution in [3.63, 3.8) is 0 Å². The lowest BCUT2D eigenvalue weighted by molar-refractivity contribution is -0.115. The molecule has 11 heteroatoms. The third-order valence-electron chi connectivity index (χ3n) is 4.65. The lowest BCUT2D eigenvalue weighted by Gasteiger charge is -2.20. The molecular formula is C20H22ClF3IN5O. The summed E-state index contributed by atoms with van der Waals surface area (Å²) in [7, 11) is 1.56. The van der Waals surface area contributed by atoms with Crippen LogP contribution in [0.2, 0.25) is 5.02 Å². The summed E-state index contributed by atoms with van der Waals surface area (Å²) in [5.41, 5.74) is 0.597. The van der Waals surface area contributed by atoms with Crippen LogP contribution in [0, 0.1) is 17.5 Å². The number of hydrogen-bond acceptors (Lipinski definition) is 3. The van der Waals surface area contributed by atoms with Gasteiger partial charge in [-0.25, -0.2) is 13.2 Å². The van der Waals surface area contributed by atoms with Gasteiger partial charge in [-0.15, -0.1) is 24.0 Å². The van der Waals surface area contributed by atoms with Gasteiger partial charge in [0.05, 0.1) is 12.2 Å². The average molecular weight is 568 g/mol. The normalized spacial score (nSPS) is 16.0. The van der Waals surface area contributed by atoms with Crippen molar-refractivity contribution in [3.05, 3.63) is 58.9 Å². The van der Waals surface area contributed by atoms with Crippen LogP contribution in [0.5, 0.6) is 0 Å². The van der Waals surface area contributed by atoms with Crippen molar-refractivity contribution < 1.29 is 18.0 Å². The molecule has 31 heavy (non-hydrogen) atoms. The van der Waals surface area contributed by atoms with Crippen molar-refractivity contribution in [2.45, 2.75) is 12.5 Å². The summed E-state index contributed by atoms with van der Waals surface area (Å²) in [6.07, 6.45) is 0.861. The molecule has 3 rings (SSSR count). The highest BCUT2D eigenvalue weighted by Gasteiger charge is 2.24. The molecule has 1 fully saturated rings. The highest BCUT2D eigenvalue weighted by molar-refractivity contribution is 14.0. The second kappa shape index (κ2) is 11.4. The molecule has 1 heterocycles. The van der Waals surface area contributed by atoms with Crippen LogP contribution in [0.1, 0.15) is 6.42 Å². The van der Waals surface area contributed by atoms with Gasteiger partial charge in [0.15, 0.2) is 23.4 Å². The first kappa shape index (κ1) is 25.1. The van der Waals surface area contributed by atoms with Crippen LogP contribution in [0.25, 0.3) is 0 Å². The Morgan fingerprint density at radius 3 is 2.71 bits per heavy atom. The van der Waals surface area contributed by atoms with Gasteiger partial charge in [-0.2, -0.15) is 0 Å². The summed E-state index contributed by atoms with van der Waals surface area (Å²) < 4.78 is 39.9. The van der Waals surface area contributed by atoms with Crippen molar-refractivity contribution in [1.29, 1.82) is 0 Å². The first-order valence-electron chi connectivity index (χ1n) is 9.28. The van der Waals surface area contributed by atoms with Crippen LogP contribution in [0.4, 0.5) is 24.5 Å². The van der Waals surface area contributed by atoms with Gasteiger partial charge in [-0.1, -0.05) is 17.7 Å². The summed E-state index contributed by atoms with van der Waals surface area (Å²) in [5, 5.41) is 8.92. The quantitative estimate of drug-likeness (QED) is 0.223. The molecule has 1 aliphatic rings. The molecule has 0 aromatic heterocycles. The Kier molecular flexibility index (Phi) is 9.23. The minimum atomic E-state index is -1.64. The fourth-order valence-electron chi connectivity index (χ4n) is 3.15. The smallest absolute Gasteiger partial charge is 0.243 e. The van der Waals surface area contributed by atoms with Gasteiger partial charge in [0.1, 0.15) is 0 Å². The van der Waals surface area contributed by atoms with Gasteiger partial charge in [0.2, 0.25) is 5.91 Å². The number of anilines is 2. The maximum atomic E-state index is 13.7. The molecule has 2 aromatic rings. The summed E-state index contributed by atoms with van der Waals surface area (Å²) in [6.45, 7) is 1.33. The minimum Gasteiger partial charge on any atom is -0.369 e. The Morgan fingerprint density at radius 1 is 1.23 bits per heavy atom. The predicted molar refractivity (Wildman–Crippen MR) is 127 cm³/mol. The van der Waals surface area contributed by atoms with Crippen LogP contribution in [-0.2, 0) is 4.79 Å². The van der Waals surface area contributed by atoms with E-state index in [4.69, 9.17) is 11.6 Å². The first-order valence-corrected chi connectivity index (χ1v) is 9.66. The van der Waals surface area contributed by atoms with Gasteiger partial charge in [0, 0.05) is 36.9 Å². The number of carbonyl (C=O) groups is 1. The molecule has 6 nitrogen and oxygen atoms in total. The number of nitrogens with zero attached hydrogens (tertiary/aromatic N) is 2. The van der Waals surface area contributed by atoms with E-state index in [9.17, 15) is 18.0 Å². The number of carbonyl (C=O) groups excluding carboxylic acids is 1. The van der Waals surface area contributed by atoms with Crippen molar-refractivity contribution in [2.24, 2.45) is 4.99 Å². The molecule has 0 aliphatic carbocycles. The Bertz CT molecular complexity index is 962. The molecule has 0 bridgehead atoms. The van der Waals surface area contributed by atoms with E-state index >= 15 is 0 Å². The summed E-state index contributed by atoms with van der Waals surface area (Å²) in [4.78, 5) is 18.3. The third-order valence-corrected chi connectivity index (χ3v) is 4.89. The van der Waals surface area contributed by atoms with Crippen LogP contribution < -0.4 is 20.9 Å². The summed E-state index contributed by atoms with van der Waals surface area (Å²) >= 11 is 6.05. The number of benzene rings is 2. The number of rotatable bonds is 5.